The van der Waals surface area contributed by atoms with Gasteiger partial charge in [-0.15, -0.1) is 0 Å². The second-order valence-corrected chi connectivity index (χ2v) is 20.6. The van der Waals surface area contributed by atoms with Gasteiger partial charge < -0.3 is 0 Å². The third-order valence-electron chi connectivity index (χ3n) is 3.61. The first kappa shape index (κ1) is 13.5. The van der Waals surface area contributed by atoms with Gasteiger partial charge in [-0.1, -0.05) is 0 Å². The van der Waals surface area contributed by atoms with Crippen molar-refractivity contribution in [2.45, 2.75) is 14.8 Å². The molecule has 0 unspecified atom stereocenters. The number of rotatable bonds is 2. The molecule has 102 valence electrons. The fraction of sp³-hybridized carbons (Fsp3) is 0.188. The van der Waals surface area contributed by atoms with Gasteiger partial charge in [0.2, 0.25) is 0 Å². The molecule has 1 heterocycles. The first-order valence-corrected chi connectivity index (χ1v) is 16.6. The van der Waals surface area contributed by atoms with Crippen molar-refractivity contribution in [3.05, 3.63) is 42.0 Å². The number of benzene rings is 2. The minimum atomic E-state index is -2.30. The quantitative estimate of drug-likeness (QED) is 0.701. The van der Waals surface area contributed by atoms with Crippen LogP contribution in [0.5, 0.6) is 0 Å². The van der Waals surface area contributed by atoms with Gasteiger partial charge in [-0.05, 0) is 0 Å². The van der Waals surface area contributed by atoms with Crippen LogP contribution in [0.1, 0.15) is 10.4 Å². The summed E-state index contributed by atoms with van der Waals surface area (Å²) in [7, 11) is 0. The average Bonchev–Trinajstić information content (AvgIpc) is 2.74. The van der Waals surface area contributed by atoms with Gasteiger partial charge in [-0.25, -0.2) is 0 Å². The van der Waals surface area contributed by atoms with Gasteiger partial charge in [0.25, 0.3) is 0 Å². The summed E-state index contributed by atoms with van der Waals surface area (Å²) in [5, 5.41) is 1.79. The normalized spacial score (nSPS) is 12.2. The molecule has 1 aromatic heterocycles. The molecular weight excluding hydrogens is 357 g/mol. The number of hydrogen-bond donors (Lipinski definition) is 1. The summed E-state index contributed by atoms with van der Waals surface area (Å²) in [6.07, 6.45) is 0. The second kappa shape index (κ2) is 4.52. The topological polar surface area (TPSA) is 56.2 Å². The average molecular weight is 374 g/mol. The van der Waals surface area contributed by atoms with E-state index in [9.17, 15) is 4.79 Å². The summed E-state index contributed by atoms with van der Waals surface area (Å²) < 4.78 is 7.15. The van der Waals surface area contributed by atoms with Crippen LogP contribution in [-0.2, 0) is 0 Å². The van der Waals surface area contributed by atoms with E-state index in [0.29, 0.717) is 5.56 Å². The second-order valence-electron chi connectivity index (χ2n) is 6.11. The fourth-order valence-corrected chi connectivity index (χ4v) is 5.74. The van der Waals surface area contributed by atoms with Gasteiger partial charge in [-0.3, -0.25) is 0 Å². The first-order valence-electron chi connectivity index (χ1n) is 6.63. The van der Waals surface area contributed by atoms with Crippen molar-refractivity contribution < 1.29 is 9.21 Å². The van der Waals surface area contributed by atoms with Crippen molar-refractivity contribution in [1.29, 1.82) is 0 Å². The molecule has 3 aromatic rings. The molecule has 0 spiro atoms. The van der Waals surface area contributed by atoms with Gasteiger partial charge in [0.15, 0.2) is 0 Å². The molecule has 0 atom stereocenters. The van der Waals surface area contributed by atoms with Crippen LogP contribution >= 0.6 is 0 Å². The predicted octanol–water partition coefficient (Wildman–Crippen LogP) is 3.23. The van der Waals surface area contributed by atoms with Crippen molar-refractivity contribution in [3.63, 3.8) is 0 Å². The summed E-state index contributed by atoms with van der Waals surface area (Å²) in [6.45, 7) is 0. The zero-order chi connectivity index (χ0) is 14.5. The van der Waals surface area contributed by atoms with Crippen molar-refractivity contribution in [1.82, 2.24) is 0 Å². The third-order valence-corrected chi connectivity index (χ3v) is 9.38. The monoisotopic (exact) mass is 375 g/mol. The molecule has 3 rings (SSSR count). The molecule has 0 saturated heterocycles. The number of hydrogen-bond acceptors (Lipinski definition) is 2. The molecule has 0 fully saturated rings. The van der Waals surface area contributed by atoms with Crippen LogP contribution in [0.25, 0.3) is 21.9 Å². The number of furan rings is 1. The Bertz CT molecular complexity index is 827. The summed E-state index contributed by atoms with van der Waals surface area (Å²) in [5.74, 6) is -0.390. The molecule has 0 aliphatic heterocycles. The molecule has 20 heavy (non-hydrogen) atoms. The van der Waals surface area contributed by atoms with Gasteiger partial charge in [-0.2, -0.15) is 0 Å². The Balaban J connectivity index is 2.48. The molecule has 0 aliphatic rings. The first-order chi connectivity index (χ1) is 9.38. The summed E-state index contributed by atoms with van der Waals surface area (Å²) in [5.41, 5.74) is 7.73. The van der Waals surface area contributed by atoms with Crippen LogP contribution in [0.2, 0.25) is 14.8 Å². The Morgan fingerprint density at radius 3 is 2.45 bits per heavy atom. The zero-order valence-electron chi connectivity index (χ0n) is 11.9. The minimum absolute atomic E-state index is 0.390. The van der Waals surface area contributed by atoms with Gasteiger partial charge in [0, 0.05) is 0 Å². The van der Waals surface area contributed by atoms with Gasteiger partial charge in [0.1, 0.15) is 0 Å². The van der Waals surface area contributed by atoms with Crippen molar-refractivity contribution in [2.75, 3.05) is 0 Å². The Hall–Kier alpha value is -1.49. The number of carbonyl (C=O) groups is 1. The molecule has 2 N–H and O–H groups in total. The van der Waals surface area contributed by atoms with Crippen LogP contribution in [0, 0.1) is 0 Å². The van der Waals surface area contributed by atoms with Crippen LogP contribution < -0.4 is 9.31 Å². The van der Waals surface area contributed by atoms with E-state index in [2.05, 4.69) is 20.9 Å². The van der Waals surface area contributed by atoms with E-state index < -0.39 is 18.4 Å². The number of carbonyl (C=O) groups excluding carboxylic acids is 1. The molecule has 0 bridgehead atoms. The summed E-state index contributed by atoms with van der Waals surface area (Å²) in [4.78, 5) is 18.8. The molecule has 4 heteroatoms. The van der Waals surface area contributed by atoms with E-state index in [4.69, 9.17) is 10.2 Å². The molecule has 0 radical (unpaired) electrons. The molecule has 3 nitrogen and oxygen atoms in total. The van der Waals surface area contributed by atoms with E-state index in [-0.39, 0.29) is 5.91 Å². The van der Waals surface area contributed by atoms with Crippen LogP contribution in [0.15, 0.2) is 40.8 Å². The molecular formula is C16H17NO2Sn. The molecule has 2 aromatic carbocycles. The number of fused-ring (bicyclic) bond motifs is 3. The maximum absolute atomic E-state index is 11.8. The third kappa shape index (κ3) is 2.10. The maximum atomic E-state index is 11.8. The SMILES string of the molecule is [CH3][Sn]([CH3])([CH3])[c]1cc(C(N)=O)c2c(c1)oc1ccccc12. The van der Waals surface area contributed by atoms with Crippen LogP contribution in [0.4, 0.5) is 0 Å². The van der Waals surface area contributed by atoms with E-state index in [1.54, 1.807) is 0 Å². The van der Waals surface area contributed by atoms with Crippen molar-refractivity contribution >= 4 is 49.8 Å². The van der Waals surface area contributed by atoms with Crippen LogP contribution in [0.3, 0.4) is 0 Å². The standard InChI is InChI=1S/C13H8NO2.3CH3.Sn/c14-13(15)9-5-3-7-11-12(9)8-4-1-2-6-10(8)16-11;;;;/h1-2,4-7H,(H2,14,15);3*1H3;. The van der Waals surface area contributed by atoms with E-state index >= 15 is 0 Å². The number of nitrogens with two attached hydrogens (primary N) is 1. The molecule has 0 saturated carbocycles. The van der Waals surface area contributed by atoms with Crippen LogP contribution in [-0.4, -0.2) is 24.3 Å². The van der Waals surface area contributed by atoms with E-state index in [0.717, 1.165) is 21.9 Å². The van der Waals surface area contributed by atoms with Crippen molar-refractivity contribution in [3.8, 4) is 0 Å². The van der Waals surface area contributed by atoms with E-state index in [1.807, 2.05) is 30.3 Å². The summed E-state index contributed by atoms with van der Waals surface area (Å²) >= 11 is -2.30. The number of primary amides is 1. The van der Waals surface area contributed by atoms with E-state index in [1.165, 1.54) is 3.58 Å². The zero-order valence-corrected chi connectivity index (χ0v) is 14.7. The number of amides is 1. The Morgan fingerprint density at radius 1 is 1.10 bits per heavy atom. The molecule has 0 aliphatic carbocycles. The van der Waals surface area contributed by atoms with Gasteiger partial charge >= 0.3 is 122 Å². The predicted molar refractivity (Wildman–Crippen MR) is 85.2 cm³/mol. The van der Waals surface area contributed by atoms with Gasteiger partial charge in [0.05, 0.1) is 0 Å². The fourth-order valence-electron chi connectivity index (χ4n) is 2.48. The molecule has 1 amide bonds. The van der Waals surface area contributed by atoms with Crippen molar-refractivity contribution in [2.24, 2.45) is 5.73 Å². The Morgan fingerprint density at radius 2 is 1.80 bits per heavy atom. The Labute approximate surface area is 121 Å². The Kier molecular flexibility index (Phi) is 3.05. The summed E-state index contributed by atoms with van der Waals surface area (Å²) in [6, 6.07) is 11.8. The number of para-hydroxylation sites is 1.